The van der Waals surface area contributed by atoms with Crippen molar-refractivity contribution in [2.24, 2.45) is 11.8 Å². The predicted molar refractivity (Wildman–Crippen MR) is 110 cm³/mol. The molecule has 2 aliphatic heterocycles. The van der Waals surface area contributed by atoms with Gasteiger partial charge in [-0.3, -0.25) is 4.90 Å². The minimum Gasteiger partial charge on any atom is -0.338 e. The van der Waals surface area contributed by atoms with Crippen LogP contribution in [-0.4, -0.2) is 67.2 Å². The number of amides is 2. The first kappa shape index (κ1) is 21.5. The van der Waals surface area contributed by atoms with E-state index in [0.29, 0.717) is 6.54 Å². The Bertz CT molecular complexity index is 410. The third-order valence-corrected chi connectivity index (χ3v) is 6.02. The van der Waals surface area contributed by atoms with Crippen molar-refractivity contribution < 1.29 is 4.79 Å². The van der Waals surface area contributed by atoms with Gasteiger partial charge in [-0.05, 0) is 77.4 Å². The largest absolute Gasteiger partial charge is 0.338 e. The maximum Gasteiger partial charge on any atom is 0.314 e. The van der Waals surface area contributed by atoms with Crippen molar-refractivity contribution in [3.63, 3.8) is 0 Å². The number of carbonyl (C=O) groups is 1. The third kappa shape index (κ3) is 7.43. The van der Waals surface area contributed by atoms with Gasteiger partial charge in [0.15, 0.2) is 0 Å². The summed E-state index contributed by atoms with van der Waals surface area (Å²) >= 11 is 0. The van der Waals surface area contributed by atoms with Crippen LogP contribution in [0.3, 0.4) is 0 Å². The Hall–Kier alpha value is -0.810. The Labute approximate surface area is 161 Å². The lowest BCUT2D eigenvalue weighted by molar-refractivity contribution is 0.0960. The first-order valence-electron chi connectivity index (χ1n) is 10.9. The molecular formula is C21H42N4O. The van der Waals surface area contributed by atoms with Crippen LogP contribution in [-0.2, 0) is 0 Å². The second-order valence-electron chi connectivity index (χ2n) is 9.38. The Morgan fingerprint density at radius 3 is 2.31 bits per heavy atom. The molecule has 0 radical (unpaired) electrons. The minimum atomic E-state index is -0.0182. The number of carbonyl (C=O) groups excluding carboxylic acids is 1. The number of likely N-dealkylation sites (tertiary alicyclic amines) is 2. The molecule has 2 fully saturated rings. The summed E-state index contributed by atoms with van der Waals surface area (Å²) in [6.07, 6.45) is 7.50. The zero-order valence-electron chi connectivity index (χ0n) is 17.6. The second-order valence-corrected chi connectivity index (χ2v) is 9.38. The number of piperidine rings is 2. The third-order valence-electron chi connectivity index (χ3n) is 6.02. The molecular weight excluding hydrogens is 324 g/mol. The highest BCUT2D eigenvalue weighted by Crippen LogP contribution is 2.21. The zero-order chi connectivity index (χ0) is 19.0. The van der Waals surface area contributed by atoms with Gasteiger partial charge in [-0.2, -0.15) is 0 Å². The van der Waals surface area contributed by atoms with Crippen molar-refractivity contribution in [1.29, 1.82) is 0 Å². The van der Waals surface area contributed by atoms with Crippen LogP contribution in [0.5, 0.6) is 0 Å². The highest BCUT2D eigenvalue weighted by molar-refractivity contribution is 5.73. The maximum atomic E-state index is 12.1. The number of unbranched alkanes of at least 4 members (excludes halogenated alkanes) is 1. The van der Waals surface area contributed by atoms with Crippen LogP contribution in [0.2, 0.25) is 0 Å². The fourth-order valence-corrected chi connectivity index (χ4v) is 4.61. The van der Waals surface area contributed by atoms with Crippen LogP contribution in [0.1, 0.15) is 66.2 Å². The van der Waals surface area contributed by atoms with Crippen molar-refractivity contribution >= 4 is 6.03 Å². The molecule has 0 aliphatic carbocycles. The second kappa shape index (κ2) is 10.5. The van der Waals surface area contributed by atoms with Gasteiger partial charge >= 0.3 is 6.03 Å². The normalized spacial score (nSPS) is 25.8. The molecule has 26 heavy (non-hydrogen) atoms. The smallest absolute Gasteiger partial charge is 0.314 e. The molecule has 5 heteroatoms. The van der Waals surface area contributed by atoms with E-state index in [-0.39, 0.29) is 11.6 Å². The van der Waals surface area contributed by atoms with Gasteiger partial charge in [-0.25, -0.2) is 4.79 Å². The molecule has 2 heterocycles. The van der Waals surface area contributed by atoms with Crippen molar-refractivity contribution in [2.45, 2.75) is 71.8 Å². The Balaban J connectivity index is 1.53. The number of nitrogens with zero attached hydrogens (tertiary/aromatic N) is 2. The standard InChI is InChI=1S/C21H42N4O/c1-18-14-19(2)16-24(15-18)11-9-6-10-22-20(26)23-17-21(3,4)25-12-7-5-8-13-25/h18-19H,5-17H2,1-4H3,(H2,22,23,26). The predicted octanol–water partition coefficient (Wildman–Crippen LogP) is 3.31. The molecule has 0 aromatic rings. The number of hydrogen-bond donors (Lipinski definition) is 2. The van der Waals surface area contributed by atoms with Crippen LogP contribution in [0.25, 0.3) is 0 Å². The molecule has 0 bridgehead atoms. The highest BCUT2D eigenvalue weighted by atomic mass is 16.2. The van der Waals surface area contributed by atoms with E-state index in [2.05, 4.69) is 48.1 Å². The summed E-state index contributed by atoms with van der Waals surface area (Å²) in [7, 11) is 0. The fourth-order valence-electron chi connectivity index (χ4n) is 4.61. The summed E-state index contributed by atoms with van der Waals surface area (Å²) in [4.78, 5) is 17.2. The van der Waals surface area contributed by atoms with Gasteiger partial charge in [-0.1, -0.05) is 20.3 Å². The molecule has 152 valence electrons. The van der Waals surface area contributed by atoms with Crippen LogP contribution < -0.4 is 10.6 Å². The lowest BCUT2D eigenvalue weighted by atomic mass is 9.92. The molecule has 2 saturated heterocycles. The monoisotopic (exact) mass is 366 g/mol. The Morgan fingerprint density at radius 1 is 1.00 bits per heavy atom. The van der Waals surface area contributed by atoms with E-state index < -0.39 is 0 Å². The van der Waals surface area contributed by atoms with Crippen molar-refractivity contribution in [3.05, 3.63) is 0 Å². The molecule has 2 amide bonds. The van der Waals surface area contributed by atoms with Gasteiger partial charge in [0.2, 0.25) is 0 Å². The lowest BCUT2D eigenvalue weighted by Crippen LogP contribution is -2.54. The molecule has 0 aromatic heterocycles. The van der Waals surface area contributed by atoms with Gasteiger partial charge in [0.05, 0.1) is 0 Å². The summed E-state index contributed by atoms with van der Waals surface area (Å²) in [5.41, 5.74) is 0.0411. The molecule has 0 spiro atoms. The van der Waals surface area contributed by atoms with E-state index in [9.17, 15) is 4.79 Å². The number of urea groups is 1. The van der Waals surface area contributed by atoms with Gasteiger partial charge in [0, 0.05) is 31.7 Å². The van der Waals surface area contributed by atoms with E-state index >= 15 is 0 Å². The average Bonchev–Trinajstić information content (AvgIpc) is 2.60. The van der Waals surface area contributed by atoms with E-state index in [1.54, 1.807) is 0 Å². The number of rotatable bonds is 8. The first-order chi connectivity index (χ1) is 12.4. The SMILES string of the molecule is CC1CC(C)CN(CCCCNC(=O)NCC(C)(C)N2CCCCC2)C1. The first-order valence-corrected chi connectivity index (χ1v) is 10.9. The minimum absolute atomic E-state index is 0.0182. The topological polar surface area (TPSA) is 47.6 Å². The van der Waals surface area contributed by atoms with E-state index in [0.717, 1.165) is 37.9 Å². The molecule has 5 nitrogen and oxygen atoms in total. The van der Waals surface area contributed by atoms with E-state index in [1.165, 1.54) is 51.7 Å². The van der Waals surface area contributed by atoms with Crippen molar-refractivity contribution in [1.82, 2.24) is 20.4 Å². The Kier molecular flexibility index (Phi) is 8.68. The molecule has 2 aliphatic rings. The van der Waals surface area contributed by atoms with Crippen LogP contribution >= 0.6 is 0 Å². The maximum absolute atomic E-state index is 12.1. The van der Waals surface area contributed by atoms with Crippen LogP contribution in [0.15, 0.2) is 0 Å². The summed E-state index contributed by atoms with van der Waals surface area (Å²) < 4.78 is 0. The highest BCUT2D eigenvalue weighted by Gasteiger charge is 2.28. The summed E-state index contributed by atoms with van der Waals surface area (Å²) in [5, 5.41) is 6.10. The quantitative estimate of drug-likeness (QED) is 0.648. The fraction of sp³-hybridized carbons (Fsp3) is 0.952. The number of hydrogen-bond acceptors (Lipinski definition) is 3. The summed E-state index contributed by atoms with van der Waals surface area (Å²) in [6.45, 7) is 16.6. The van der Waals surface area contributed by atoms with Gasteiger partial charge in [0.1, 0.15) is 0 Å². The van der Waals surface area contributed by atoms with Crippen molar-refractivity contribution in [3.8, 4) is 0 Å². The zero-order valence-corrected chi connectivity index (χ0v) is 17.6. The van der Waals surface area contributed by atoms with Crippen molar-refractivity contribution in [2.75, 3.05) is 45.8 Å². The molecule has 0 saturated carbocycles. The molecule has 2 atom stereocenters. The summed E-state index contributed by atoms with van der Waals surface area (Å²) in [6, 6.07) is -0.0182. The lowest BCUT2D eigenvalue weighted by Gasteiger charge is -2.41. The van der Waals surface area contributed by atoms with Gasteiger partial charge in [-0.15, -0.1) is 0 Å². The molecule has 2 N–H and O–H groups in total. The van der Waals surface area contributed by atoms with Gasteiger partial charge < -0.3 is 15.5 Å². The van der Waals surface area contributed by atoms with Crippen LogP contribution in [0.4, 0.5) is 4.79 Å². The van der Waals surface area contributed by atoms with Gasteiger partial charge in [0.25, 0.3) is 0 Å². The molecule has 0 aromatic carbocycles. The summed E-state index contributed by atoms with van der Waals surface area (Å²) in [5.74, 6) is 1.65. The number of nitrogens with one attached hydrogen (secondary N) is 2. The average molecular weight is 367 g/mol. The van der Waals surface area contributed by atoms with Crippen LogP contribution in [0, 0.1) is 11.8 Å². The Morgan fingerprint density at radius 2 is 1.65 bits per heavy atom. The molecule has 2 rings (SSSR count). The van der Waals surface area contributed by atoms with E-state index in [1.807, 2.05) is 0 Å². The molecule has 2 unspecified atom stereocenters. The van der Waals surface area contributed by atoms with E-state index in [4.69, 9.17) is 0 Å².